The maximum absolute atomic E-state index is 8.73. The van der Waals surface area contributed by atoms with Crippen LogP contribution < -0.4 is 4.74 Å². The first kappa shape index (κ1) is 14.9. The third-order valence-corrected chi connectivity index (χ3v) is 3.26. The van der Waals surface area contributed by atoms with Gasteiger partial charge in [0.1, 0.15) is 12.4 Å². The van der Waals surface area contributed by atoms with Crippen LogP contribution in [-0.4, -0.2) is 38.3 Å². The fourth-order valence-corrected chi connectivity index (χ4v) is 2.25. The summed E-state index contributed by atoms with van der Waals surface area (Å²) >= 11 is 1.81. The third-order valence-electron chi connectivity index (χ3n) is 2.27. The Balaban J connectivity index is 2.70. The topological polar surface area (TPSA) is 38.7 Å². The summed E-state index contributed by atoms with van der Waals surface area (Å²) in [5, 5.41) is 8.73. The van der Waals surface area contributed by atoms with Gasteiger partial charge in [0.15, 0.2) is 0 Å². The van der Waals surface area contributed by atoms with Crippen molar-refractivity contribution >= 4 is 11.8 Å². The second-order valence-electron chi connectivity index (χ2n) is 3.54. The van der Waals surface area contributed by atoms with Crippen molar-refractivity contribution in [1.82, 2.24) is 0 Å². The molecule has 0 spiro atoms. The van der Waals surface area contributed by atoms with Crippen LogP contribution in [0.3, 0.4) is 0 Å². The largest absolute Gasteiger partial charge is 0.495 e. The first-order chi connectivity index (χ1) is 8.81. The number of hydrogen-bond donors (Lipinski definition) is 1. The van der Waals surface area contributed by atoms with Gasteiger partial charge in [0.25, 0.3) is 0 Å². The fraction of sp³-hybridized carbons (Fsp3) is 0.429. The van der Waals surface area contributed by atoms with Crippen molar-refractivity contribution < 1.29 is 14.6 Å². The van der Waals surface area contributed by atoms with E-state index in [1.54, 1.807) is 14.2 Å². The number of benzene rings is 1. The van der Waals surface area contributed by atoms with E-state index in [2.05, 4.69) is 11.8 Å². The predicted molar refractivity (Wildman–Crippen MR) is 75.0 cm³/mol. The lowest BCUT2D eigenvalue weighted by molar-refractivity contribution is 0.218. The van der Waals surface area contributed by atoms with Gasteiger partial charge < -0.3 is 14.6 Å². The highest BCUT2D eigenvalue weighted by molar-refractivity contribution is 7.98. The molecule has 0 saturated heterocycles. The quantitative estimate of drug-likeness (QED) is 0.630. The van der Waals surface area contributed by atoms with Gasteiger partial charge >= 0.3 is 0 Å². The van der Waals surface area contributed by atoms with E-state index in [4.69, 9.17) is 14.6 Å². The molecule has 1 N–H and O–H groups in total. The van der Waals surface area contributed by atoms with Gasteiger partial charge in [-0.15, -0.1) is 0 Å². The molecule has 1 rings (SSSR count). The van der Waals surface area contributed by atoms with E-state index in [0.29, 0.717) is 0 Å². The summed E-state index contributed by atoms with van der Waals surface area (Å²) in [7, 11) is 3.32. The van der Waals surface area contributed by atoms with Crippen LogP contribution in [0.4, 0.5) is 0 Å². The number of ether oxygens (including phenoxy) is 2. The number of thioether (sulfide) groups is 1. The summed E-state index contributed by atoms with van der Waals surface area (Å²) in [5.41, 5.74) is 2.01. The zero-order valence-electron chi connectivity index (χ0n) is 10.7. The first-order valence-electron chi connectivity index (χ1n) is 5.65. The third kappa shape index (κ3) is 5.01. The zero-order chi connectivity index (χ0) is 13.2. The van der Waals surface area contributed by atoms with Crippen LogP contribution in [0, 0.1) is 11.8 Å². The minimum Gasteiger partial charge on any atom is -0.495 e. The Morgan fingerprint density at radius 1 is 1.33 bits per heavy atom. The molecule has 0 atom stereocenters. The maximum atomic E-state index is 8.73. The van der Waals surface area contributed by atoms with Crippen molar-refractivity contribution in [3.8, 4) is 17.6 Å². The lowest BCUT2D eigenvalue weighted by Crippen LogP contribution is -1.94. The molecule has 4 heteroatoms. The molecule has 98 valence electrons. The van der Waals surface area contributed by atoms with E-state index >= 15 is 0 Å². The molecule has 0 aliphatic rings. The highest BCUT2D eigenvalue weighted by atomic mass is 32.2. The van der Waals surface area contributed by atoms with Crippen molar-refractivity contribution in [2.24, 2.45) is 0 Å². The summed E-state index contributed by atoms with van der Waals surface area (Å²) in [6.07, 6.45) is 0. The Hall–Kier alpha value is -1.15. The molecule has 1 aromatic rings. The molecule has 0 heterocycles. The monoisotopic (exact) mass is 266 g/mol. The van der Waals surface area contributed by atoms with Gasteiger partial charge in [-0.2, -0.15) is 11.8 Å². The Kier molecular flexibility index (Phi) is 7.35. The highest BCUT2D eigenvalue weighted by Crippen LogP contribution is 2.21. The Morgan fingerprint density at radius 3 is 2.83 bits per heavy atom. The fourth-order valence-electron chi connectivity index (χ4n) is 1.41. The summed E-state index contributed by atoms with van der Waals surface area (Å²) in [6.45, 7) is 0.619. The Labute approximate surface area is 112 Å². The molecule has 0 amide bonds. The van der Waals surface area contributed by atoms with E-state index in [-0.39, 0.29) is 6.61 Å². The lowest BCUT2D eigenvalue weighted by Gasteiger charge is -2.06. The summed E-state index contributed by atoms with van der Waals surface area (Å²) in [6, 6.07) is 5.94. The summed E-state index contributed by atoms with van der Waals surface area (Å²) < 4.78 is 10.2. The number of aliphatic hydroxyl groups excluding tert-OH is 1. The van der Waals surface area contributed by atoms with Crippen molar-refractivity contribution in [1.29, 1.82) is 0 Å². The second-order valence-corrected chi connectivity index (χ2v) is 4.65. The molecular weight excluding hydrogens is 248 g/mol. The molecule has 0 unspecified atom stereocenters. The van der Waals surface area contributed by atoms with Crippen molar-refractivity contribution in [3.05, 3.63) is 29.3 Å². The Bertz CT molecular complexity index is 421. The molecule has 0 radical (unpaired) electrons. The van der Waals surface area contributed by atoms with Crippen molar-refractivity contribution in [3.63, 3.8) is 0 Å². The van der Waals surface area contributed by atoms with Crippen molar-refractivity contribution in [2.45, 2.75) is 5.75 Å². The van der Waals surface area contributed by atoms with Gasteiger partial charge in [0.2, 0.25) is 0 Å². The van der Waals surface area contributed by atoms with Gasteiger partial charge in [0, 0.05) is 18.6 Å². The van der Waals surface area contributed by atoms with Crippen LogP contribution in [0.1, 0.15) is 11.1 Å². The van der Waals surface area contributed by atoms with E-state index < -0.39 is 0 Å². The molecule has 0 aromatic heterocycles. The highest BCUT2D eigenvalue weighted by Gasteiger charge is 2.02. The molecule has 18 heavy (non-hydrogen) atoms. The normalized spacial score (nSPS) is 9.72. The summed E-state index contributed by atoms with van der Waals surface area (Å²) in [4.78, 5) is 0. The lowest BCUT2D eigenvalue weighted by atomic mass is 10.1. The average Bonchev–Trinajstić information content (AvgIpc) is 2.41. The van der Waals surface area contributed by atoms with Gasteiger partial charge in [-0.25, -0.2) is 0 Å². The number of aliphatic hydroxyl groups is 1. The summed E-state index contributed by atoms with van der Waals surface area (Å²) in [5.74, 6) is 8.17. The van der Waals surface area contributed by atoms with Gasteiger partial charge in [-0.3, -0.25) is 0 Å². The SMILES string of the molecule is COCCSCc1ccc(OC)c(C#CCO)c1. The smallest absolute Gasteiger partial charge is 0.134 e. The molecule has 0 fully saturated rings. The van der Waals surface area contributed by atoms with E-state index in [1.165, 1.54) is 5.56 Å². The molecule has 0 bridgehead atoms. The second kappa shape index (κ2) is 8.87. The minimum absolute atomic E-state index is 0.143. The predicted octanol–water partition coefficient (Wildman–Crippen LogP) is 1.92. The standard InChI is InChI=1S/C14H18O3S/c1-16-8-9-18-11-12-5-6-14(17-2)13(10-12)4-3-7-15/h5-6,10,15H,7-9,11H2,1-2H3. The Morgan fingerprint density at radius 2 is 2.17 bits per heavy atom. The van der Waals surface area contributed by atoms with E-state index in [0.717, 1.165) is 29.4 Å². The van der Waals surface area contributed by atoms with Crippen LogP contribution in [0.2, 0.25) is 0 Å². The molecule has 0 aliphatic heterocycles. The number of hydrogen-bond acceptors (Lipinski definition) is 4. The maximum Gasteiger partial charge on any atom is 0.134 e. The average molecular weight is 266 g/mol. The molecular formula is C14H18O3S. The minimum atomic E-state index is -0.143. The number of methoxy groups -OCH3 is 2. The molecule has 0 aliphatic carbocycles. The van der Waals surface area contributed by atoms with Crippen LogP contribution in [-0.2, 0) is 10.5 Å². The zero-order valence-corrected chi connectivity index (χ0v) is 11.5. The first-order valence-corrected chi connectivity index (χ1v) is 6.80. The molecule has 3 nitrogen and oxygen atoms in total. The van der Waals surface area contributed by atoms with Gasteiger partial charge in [-0.1, -0.05) is 17.9 Å². The van der Waals surface area contributed by atoms with Crippen LogP contribution in [0.5, 0.6) is 5.75 Å². The van der Waals surface area contributed by atoms with Crippen LogP contribution in [0.25, 0.3) is 0 Å². The van der Waals surface area contributed by atoms with Crippen LogP contribution in [0.15, 0.2) is 18.2 Å². The molecule has 1 aromatic carbocycles. The number of rotatable bonds is 6. The van der Waals surface area contributed by atoms with E-state index in [1.807, 2.05) is 30.0 Å². The van der Waals surface area contributed by atoms with E-state index in [9.17, 15) is 0 Å². The van der Waals surface area contributed by atoms with Crippen LogP contribution >= 0.6 is 11.8 Å². The van der Waals surface area contributed by atoms with Gasteiger partial charge in [0.05, 0.1) is 19.3 Å². The molecule has 0 saturated carbocycles. The van der Waals surface area contributed by atoms with Gasteiger partial charge in [-0.05, 0) is 17.7 Å². The van der Waals surface area contributed by atoms with Crippen molar-refractivity contribution in [2.75, 3.05) is 33.2 Å².